The normalized spacial score (nSPS) is 24.2. The lowest BCUT2D eigenvalue weighted by molar-refractivity contribution is 0.0985. The van der Waals surface area contributed by atoms with E-state index in [-0.39, 0.29) is 5.91 Å². The first-order chi connectivity index (χ1) is 14.3. The van der Waals surface area contributed by atoms with Crippen LogP contribution in [0.1, 0.15) is 53.1 Å². The standard InChI is InChI=1S/C25H31N3O/c29-25(19-5-2-1-3-6-19)28-14-4-7-21-15-20(8-9-24(21)28)22-16-23(22)27-17-18-10-12-26-13-11-18/h1-3,5-6,8-9,15,18,22-23,26-27H,4,7,10-14,16-17H2/t22-,23+/m0/s1. The molecule has 2 N–H and O–H groups in total. The molecule has 0 bridgehead atoms. The molecule has 1 saturated carbocycles. The first kappa shape index (κ1) is 18.8. The minimum atomic E-state index is 0.118. The van der Waals surface area contributed by atoms with E-state index >= 15 is 0 Å². The lowest BCUT2D eigenvalue weighted by atomic mass is 9.96. The highest BCUT2D eigenvalue weighted by molar-refractivity contribution is 6.06. The zero-order chi connectivity index (χ0) is 19.6. The molecule has 1 aliphatic carbocycles. The highest BCUT2D eigenvalue weighted by atomic mass is 16.2. The van der Waals surface area contributed by atoms with E-state index in [1.54, 1.807) is 0 Å². The molecule has 1 saturated heterocycles. The second-order valence-electron chi connectivity index (χ2n) is 8.86. The van der Waals surface area contributed by atoms with Gasteiger partial charge in [-0.2, -0.15) is 0 Å². The minimum absolute atomic E-state index is 0.118. The summed E-state index contributed by atoms with van der Waals surface area (Å²) in [5.74, 6) is 1.59. The van der Waals surface area contributed by atoms with Crippen LogP contribution in [-0.4, -0.2) is 38.1 Å². The Morgan fingerprint density at radius 1 is 1.10 bits per heavy atom. The van der Waals surface area contributed by atoms with Crippen molar-refractivity contribution < 1.29 is 4.79 Å². The van der Waals surface area contributed by atoms with Gasteiger partial charge in [-0.3, -0.25) is 4.79 Å². The van der Waals surface area contributed by atoms with Crippen molar-refractivity contribution in [1.82, 2.24) is 10.6 Å². The van der Waals surface area contributed by atoms with Crippen LogP contribution in [0, 0.1) is 5.92 Å². The van der Waals surface area contributed by atoms with Gasteiger partial charge in [0.1, 0.15) is 0 Å². The van der Waals surface area contributed by atoms with Crippen molar-refractivity contribution in [1.29, 1.82) is 0 Å². The molecule has 0 radical (unpaired) electrons. The summed E-state index contributed by atoms with van der Waals surface area (Å²) in [6, 6.07) is 17.1. The maximum Gasteiger partial charge on any atom is 0.258 e. The van der Waals surface area contributed by atoms with Gasteiger partial charge in [-0.15, -0.1) is 0 Å². The topological polar surface area (TPSA) is 44.4 Å². The number of hydrogen-bond acceptors (Lipinski definition) is 3. The largest absolute Gasteiger partial charge is 0.317 e. The molecule has 2 aliphatic heterocycles. The average Bonchev–Trinajstić information content (AvgIpc) is 3.57. The van der Waals surface area contributed by atoms with Crippen LogP contribution in [0.2, 0.25) is 0 Å². The number of fused-ring (bicyclic) bond motifs is 1. The lowest BCUT2D eigenvalue weighted by Gasteiger charge is -2.30. The number of rotatable bonds is 5. The van der Waals surface area contributed by atoms with E-state index in [0.717, 1.165) is 43.1 Å². The van der Waals surface area contributed by atoms with Gasteiger partial charge in [0, 0.05) is 29.8 Å². The van der Waals surface area contributed by atoms with Crippen LogP contribution in [0.5, 0.6) is 0 Å². The highest BCUT2D eigenvalue weighted by Gasteiger charge is 2.39. The third kappa shape index (κ3) is 4.10. The van der Waals surface area contributed by atoms with Crippen LogP contribution >= 0.6 is 0 Å². The zero-order valence-electron chi connectivity index (χ0n) is 17.1. The number of aryl methyl sites for hydroxylation is 1. The third-order valence-corrected chi connectivity index (χ3v) is 6.83. The fraction of sp³-hybridized carbons (Fsp3) is 0.480. The molecule has 0 unspecified atom stereocenters. The van der Waals surface area contributed by atoms with Crippen LogP contribution < -0.4 is 15.5 Å². The highest BCUT2D eigenvalue weighted by Crippen LogP contribution is 2.43. The Labute approximate surface area is 173 Å². The van der Waals surface area contributed by atoms with Crippen molar-refractivity contribution in [2.45, 2.75) is 44.1 Å². The zero-order valence-corrected chi connectivity index (χ0v) is 17.1. The Morgan fingerprint density at radius 2 is 1.93 bits per heavy atom. The van der Waals surface area contributed by atoms with Gasteiger partial charge < -0.3 is 15.5 Å². The second kappa shape index (κ2) is 8.29. The van der Waals surface area contributed by atoms with Gasteiger partial charge >= 0.3 is 0 Å². The van der Waals surface area contributed by atoms with Gasteiger partial charge in [0.2, 0.25) is 0 Å². The molecule has 29 heavy (non-hydrogen) atoms. The maximum atomic E-state index is 13.0. The van der Waals surface area contributed by atoms with Crippen LogP contribution in [0.25, 0.3) is 0 Å². The Balaban J connectivity index is 1.25. The number of hydrogen-bond donors (Lipinski definition) is 2. The van der Waals surface area contributed by atoms with E-state index in [9.17, 15) is 4.79 Å². The van der Waals surface area contributed by atoms with Crippen molar-refractivity contribution in [2.24, 2.45) is 5.92 Å². The maximum absolute atomic E-state index is 13.0. The van der Waals surface area contributed by atoms with E-state index in [1.165, 1.54) is 43.5 Å². The van der Waals surface area contributed by atoms with Crippen molar-refractivity contribution >= 4 is 11.6 Å². The Hall–Kier alpha value is -2.17. The summed E-state index contributed by atoms with van der Waals surface area (Å²) in [4.78, 5) is 15.0. The summed E-state index contributed by atoms with van der Waals surface area (Å²) in [6.45, 7) is 4.31. The fourth-order valence-electron chi connectivity index (χ4n) is 4.99. The average molecular weight is 390 g/mol. The number of carbonyl (C=O) groups excluding carboxylic acids is 1. The number of benzene rings is 2. The summed E-state index contributed by atoms with van der Waals surface area (Å²) in [5, 5.41) is 7.26. The fourth-order valence-corrected chi connectivity index (χ4v) is 4.99. The molecule has 4 heteroatoms. The molecule has 0 aromatic heterocycles. The van der Waals surface area contributed by atoms with Gasteiger partial charge in [0.05, 0.1) is 0 Å². The van der Waals surface area contributed by atoms with Crippen LogP contribution in [0.4, 0.5) is 5.69 Å². The summed E-state index contributed by atoms with van der Waals surface area (Å²) in [5.41, 5.74) is 4.66. The van der Waals surface area contributed by atoms with Crippen LogP contribution in [0.15, 0.2) is 48.5 Å². The molecule has 2 fully saturated rings. The Bertz CT molecular complexity index is 860. The molecule has 3 aliphatic rings. The summed E-state index contributed by atoms with van der Waals surface area (Å²) in [6.07, 6.45) is 5.96. The van der Waals surface area contributed by atoms with Crippen LogP contribution in [0.3, 0.4) is 0 Å². The van der Waals surface area contributed by atoms with Crippen molar-refractivity contribution in [2.75, 3.05) is 31.1 Å². The van der Waals surface area contributed by atoms with Gasteiger partial charge in [-0.1, -0.05) is 30.3 Å². The van der Waals surface area contributed by atoms with Gasteiger partial charge in [0.25, 0.3) is 5.91 Å². The predicted molar refractivity (Wildman–Crippen MR) is 118 cm³/mol. The molecule has 4 nitrogen and oxygen atoms in total. The van der Waals surface area contributed by atoms with Crippen molar-refractivity contribution in [3.63, 3.8) is 0 Å². The van der Waals surface area contributed by atoms with Crippen LogP contribution in [-0.2, 0) is 6.42 Å². The molecule has 2 aromatic carbocycles. The number of nitrogens with one attached hydrogen (secondary N) is 2. The van der Waals surface area contributed by atoms with E-state index in [1.807, 2.05) is 35.2 Å². The number of piperidine rings is 1. The monoisotopic (exact) mass is 389 g/mol. The lowest BCUT2D eigenvalue weighted by Crippen LogP contribution is -2.35. The third-order valence-electron chi connectivity index (χ3n) is 6.83. The Morgan fingerprint density at radius 3 is 2.76 bits per heavy atom. The second-order valence-corrected chi connectivity index (χ2v) is 8.86. The quantitative estimate of drug-likeness (QED) is 0.819. The van der Waals surface area contributed by atoms with Gasteiger partial charge in [-0.25, -0.2) is 0 Å². The first-order valence-electron chi connectivity index (χ1n) is 11.2. The summed E-state index contributed by atoms with van der Waals surface area (Å²) >= 11 is 0. The smallest absolute Gasteiger partial charge is 0.258 e. The van der Waals surface area contributed by atoms with Gasteiger partial charge in [0.15, 0.2) is 0 Å². The van der Waals surface area contributed by atoms with E-state index in [2.05, 4.69) is 28.8 Å². The minimum Gasteiger partial charge on any atom is -0.317 e. The number of carbonyl (C=O) groups is 1. The van der Waals surface area contributed by atoms with Crippen molar-refractivity contribution in [3.8, 4) is 0 Å². The molecule has 1 amide bonds. The van der Waals surface area contributed by atoms with Crippen molar-refractivity contribution in [3.05, 3.63) is 65.2 Å². The number of nitrogens with zero attached hydrogens (tertiary/aromatic N) is 1. The number of anilines is 1. The SMILES string of the molecule is O=C(c1ccccc1)N1CCCc2cc([C@@H]3C[C@H]3NCC3CCNCC3)ccc21. The summed E-state index contributed by atoms with van der Waals surface area (Å²) < 4.78 is 0. The molecular formula is C25H31N3O. The molecule has 5 rings (SSSR count). The van der Waals surface area contributed by atoms with E-state index < -0.39 is 0 Å². The summed E-state index contributed by atoms with van der Waals surface area (Å²) in [7, 11) is 0. The number of amides is 1. The predicted octanol–water partition coefficient (Wildman–Crippen LogP) is 3.72. The molecular weight excluding hydrogens is 358 g/mol. The molecule has 152 valence electrons. The Kier molecular flexibility index (Phi) is 5.38. The van der Waals surface area contributed by atoms with E-state index in [4.69, 9.17) is 0 Å². The molecule has 2 heterocycles. The molecule has 2 aromatic rings. The molecule has 2 atom stereocenters. The first-order valence-corrected chi connectivity index (χ1v) is 11.2. The van der Waals surface area contributed by atoms with Gasteiger partial charge in [-0.05, 0) is 87.0 Å². The molecule has 0 spiro atoms. The van der Waals surface area contributed by atoms with E-state index in [0.29, 0.717) is 12.0 Å².